The van der Waals surface area contributed by atoms with Gasteiger partial charge in [-0.1, -0.05) is 59.5 Å². The van der Waals surface area contributed by atoms with Crippen molar-refractivity contribution in [1.29, 1.82) is 0 Å². The summed E-state index contributed by atoms with van der Waals surface area (Å²) in [4.78, 5) is 0. The third-order valence-corrected chi connectivity index (χ3v) is 14.7. The summed E-state index contributed by atoms with van der Waals surface area (Å²) < 4.78 is 35.2. The monoisotopic (exact) mass is 786 g/mol. The molecule has 0 spiro atoms. The van der Waals surface area contributed by atoms with Gasteiger partial charge in [-0.15, -0.1) is 0 Å². The van der Waals surface area contributed by atoms with Crippen molar-refractivity contribution in [2.24, 2.45) is 40.4 Å². The zero-order valence-corrected chi connectivity index (χ0v) is 33.8. The van der Waals surface area contributed by atoms with Crippen molar-refractivity contribution in [2.45, 2.75) is 178 Å². The number of aliphatic hydroxyl groups excluding tert-OH is 8. The lowest BCUT2D eigenvalue weighted by Crippen LogP contribution is -2.58. The van der Waals surface area contributed by atoms with Crippen LogP contribution in [0.15, 0.2) is 11.1 Å². The van der Waals surface area contributed by atoms with Gasteiger partial charge in [0.2, 0.25) is 0 Å². The molecular weight excluding hydrogens is 716 g/mol. The van der Waals surface area contributed by atoms with Gasteiger partial charge in [-0.3, -0.25) is 0 Å². The minimum atomic E-state index is -1.58. The van der Waals surface area contributed by atoms with Gasteiger partial charge < -0.3 is 69.3 Å². The summed E-state index contributed by atoms with van der Waals surface area (Å²) in [5, 5.41) is 89.2. The number of hydrogen-bond acceptors (Lipinski definition) is 14. The zero-order chi connectivity index (χ0) is 40.1. The molecular formula is C41H70O14. The Morgan fingerprint density at radius 3 is 2.05 bits per heavy atom. The first-order chi connectivity index (χ1) is 26.0. The quantitative estimate of drug-likeness (QED) is 0.110. The minimum Gasteiger partial charge on any atom is -0.393 e. The lowest BCUT2D eigenvalue weighted by atomic mass is 9.47. The summed E-state index contributed by atoms with van der Waals surface area (Å²) in [6.45, 7) is 10.9. The molecule has 0 aromatic rings. The number of hydrogen-bond donors (Lipinski definition) is 8. The summed E-state index contributed by atoms with van der Waals surface area (Å²) in [6, 6.07) is 0. The molecule has 2 saturated heterocycles. The molecule has 4 aliphatic carbocycles. The first kappa shape index (κ1) is 43.8. The van der Waals surface area contributed by atoms with Crippen LogP contribution in [0.3, 0.4) is 0 Å². The van der Waals surface area contributed by atoms with Gasteiger partial charge in [0.05, 0.1) is 31.5 Å². The molecule has 0 unspecified atom stereocenters. The van der Waals surface area contributed by atoms with Gasteiger partial charge in [0.15, 0.2) is 12.6 Å². The number of aliphatic hydroxyl groups is 8. The third-order valence-electron chi connectivity index (χ3n) is 14.7. The molecule has 6 rings (SSSR count). The molecule has 5 fully saturated rings. The van der Waals surface area contributed by atoms with E-state index in [9.17, 15) is 40.9 Å². The Kier molecular flexibility index (Phi) is 13.9. The summed E-state index contributed by atoms with van der Waals surface area (Å²) in [6.07, 6.45) is -9.29. The highest BCUT2D eigenvalue weighted by Gasteiger charge is 2.63. The second kappa shape index (κ2) is 17.4. The number of fused-ring (bicyclic) bond motifs is 4. The topological polar surface area (TPSA) is 217 Å². The predicted molar refractivity (Wildman–Crippen MR) is 198 cm³/mol. The van der Waals surface area contributed by atoms with Crippen LogP contribution < -0.4 is 0 Å². The standard InChI is InChI=1S/C41H70O14/c1-19(2)9-8-10-20(3)29-27(16-23-28-22(12-14-41(23,29)5)40(4)13-11-21(42)15-24(40)30(45)31(28)46)52-39-34(49)37(36(54-39)26(44)18-51-7)55-38-33(48)32(47)35(53-38)25(43)17-50-6/h19-22,24-27,29-39,42-49H,8-18H2,1-7H3/t20-,21+,22+,24-,25+,26+,27-,29+,30+,31-,32-,33-,34-,35+,36+,37-,38+,39-,40-,41+/m1/s1. The van der Waals surface area contributed by atoms with E-state index in [2.05, 4.69) is 34.6 Å². The molecule has 55 heavy (non-hydrogen) atoms. The van der Waals surface area contributed by atoms with Crippen molar-refractivity contribution in [3.05, 3.63) is 11.1 Å². The molecule has 14 nitrogen and oxygen atoms in total. The molecule has 3 saturated carbocycles. The lowest BCUT2D eigenvalue weighted by Gasteiger charge is -2.59. The van der Waals surface area contributed by atoms with Crippen LogP contribution in [-0.4, -0.2) is 154 Å². The second-order valence-electron chi connectivity index (χ2n) is 18.7. The fraction of sp³-hybridized carbons (Fsp3) is 0.951. The van der Waals surface area contributed by atoms with Crippen molar-refractivity contribution < 1.29 is 69.3 Å². The molecule has 14 heteroatoms. The van der Waals surface area contributed by atoms with Crippen LogP contribution in [0.5, 0.6) is 0 Å². The van der Waals surface area contributed by atoms with Crippen LogP contribution in [0, 0.1) is 40.4 Å². The molecule has 8 N–H and O–H groups in total. The molecule has 6 aliphatic rings. The fourth-order valence-electron chi connectivity index (χ4n) is 11.9. The second-order valence-corrected chi connectivity index (χ2v) is 18.7. The smallest absolute Gasteiger partial charge is 0.187 e. The van der Waals surface area contributed by atoms with Gasteiger partial charge in [-0.2, -0.15) is 0 Å². The van der Waals surface area contributed by atoms with Crippen LogP contribution in [-0.2, 0) is 28.4 Å². The van der Waals surface area contributed by atoms with Gasteiger partial charge in [-0.05, 0) is 84.5 Å². The Morgan fingerprint density at radius 2 is 1.40 bits per heavy atom. The van der Waals surface area contributed by atoms with Crippen LogP contribution in [0.4, 0.5) is 0 Å². The maximum atomic E-state index is 11.9. The average Bonchev–Trinajstić information content (AvgIpc) is 3.71. The summed E-state index contributed by atoms with van der Waals surface area (Å²) >= 11 is 0. The van der Waals surface area contributed by atoms with E-state index in [1.807, 2.05) is 0 Å². The van der Waals surface area contributed by atoms with E-state index < -0.39 is 85.8 Å². The fourth-order valence-corrected chi connectivity index (χ4v) is 11.9. The van der Waals surface area contributed by atoms with Crippen molar-refractivity contribution in [2.75, 3.05) is 27.4 Å². The van der Waals surface area contributed by atoms with E-state index in [0.717, 1.165) is 49.7 Å². The summed E-state index contributed by atoms with van der Waals surface area (Å²) in [5.41, 5.74) is 1.40. The van der Waals surface area contributed by atoms with E-state index in [4.69, 9.17) is 28.4 Å². The van der Waals surface area contributed by atoms with Crippen molar-refractivity contribution >= 4 is 0 Å². The molecule has 2 heterocycles. The Bertz CT molecular complexity index is 1320. The Balaban J connectivity index is 1.30. The molecule has 20 atom stereocenters. The van der Waals surface area contributed by atoms with Crippen molar-refractivity contribution in [3.8, 4) is 0 Å². The maximum Gasteiger partial charge on any atom is 0.187 e. The molecule has 0 radical (unpaired) electrons. The molecule has 0 aromatic carbocycles. The van der Waals surface area contributed by atoms with E-state index in [1.165, 1.54) is 14.2 Å². The Labute approximate surface area is 326 Å². The third kappa shape index (κ3) is 8.09. The van der Waals surface area contributed by atoms with Gasteiger partial charge >= 0.3 is 0 Å². The molecule has 2 aliphatic heterocycles. The van der Waals surface area contributed by atoms with Gasteiger partial charge in [0.1, 0.15) is 54.9 Å². The number of ether oxygens (including phenoxy) is 6. The average molecular weight is 787 g/mol. The Hall–Kier alpha value is -0.820. The van der Waals surface area contributed by atoms with Crippen LogP contribution in [0.1, 0.15) is 92.4 Å². The molecule has 0 aromatic heterocycles. The number of rotatable bonds is 15. The SMILES string of the molecule is COC[C@H](O)[C@@H]1O[C@@H](O[C@@H]2[C@@H](O)[C@H](O[C@@H]3CC4=C5[C@@H](O)[C@@H](O)[C@H]6C[C@@H](O)CC[C@]6(C)[C@H]5CC[C@]4(C)[C@H]3[C@H](C)CCCC(C)C)O[C@H]2[C@@H](O)COC)[C@H](O)[C@H]1O. The van der Waals surface area contributed by atoms with E-state index in [1.54, 1.807) is 0 Å². The van der Waals surface area contributed by atoms with E-state index in [0.29, 0.717) is 25.2 Å². The van der Waals surface area contributed by atoms with Crippen LogP contribution >= 0.6 is 0 Å². The van der Waals surface area contributed by atoms with Crippen LogP contribution in [0.2, 0.25) is 0 Å². The van der Waals surface area contributed by atoms with Gasteiger partial charge in [0.25, 0.3) is 0 Å². The number of methoxy groups -OCH3 is 2. The predicted octanol–water partition coefficient (Wildman–Crippen LogP) is 1.40. The van der Waals surface area contributed by atoms with Gasteiger partial charge in [0, 0.05) is 14.2 Å². The highest BCUT2D eigenvalue weighted by Crippen LogP contribution is 2.66. The van der Waals surface area contributed by atoms with E-state index >= 15 is 0 Å². The molecule has 318 valence electrons. The first-order valence-electron chi connectivity index (χ1n) is 20.8. The maximum absolute atomic E-state index is 11.9. The van der Waals surface area contributed by atoms with Crippen molar-refractivity contribution in [3.63, 3.8) is 0 Å². The highest BCUT2D eigenvalue weighted by atomic mass is 16.8. The van der Waals surface area contributed by atoms with Crippen LogP contribution in [0.25, 0.3) is 0 Å². The molecule has 0 amide bonds. The van der Waals surface area contributed by atoms with E-state index in [-0.39, 0.29) is 47.7 Å². The first-order valence-corrected chi connectivity index (χ1v) is 20.8. The highest BCUT2D eigenvalue weighted by molar-refractivity contribution is 5.39. The van der Waals surface area contributed by atoms with Crippen molar-refractivity contribution in [1.82, 2.24) is 0 Å². The largest absolute Gasteiger partial charge is 0.393 e. The zero-order valence-electron chi connectivity index (χ0n) is 33.8. The van der Waals surface area contributed by atoms with Gasteiger partial charge in [-0.25, -0.2) is 0 Å². The Morgan fingerprint density at radius 1 is 0.764 bits per heavy atom. The minimum absolute atomic E-state index is 0.0255. The molecule has 0 bridgehead atoms. The normalized spacial score (nSPS) is 47.5. The summed E-state index contributed by atoms with van der Waals surface area (Å²) in [5.74, 6) is 0.579. The summed E-state index contributed by atoms with van der Waals surface area (Å²) in [7, 11) is 2.80. The lowest BCUT2D eigenvalue weighted by molar-refractivity contribution is -0.226.